The van der Waals surface area contributed by atoms with Crippen LogP contribution in [-0.4, -0.2) is 27.5 Å². The molecule has 1 atom stereocenters. The summed E-state index contributed by atoms with van der Waals surface area (Å²) < 4.78 is 33.6. The molecule has 0 aromatic heterocycles. The van der Waals surface area contributed by atoms with Gasteiger partial charge in [0.15, 0.2) is 0 Å². The number of anilines is 1. The third-order valence-electron chi connectivity index (χ3n) is 5.31. The van der Waals surface area contributed by atoms with Crippen molar-refractivity contribution in [2.75, 3.05) is 17.5 Å². The van der Waals surface area contributed by atoms with Gasteiger partial charge in [-0.2, -0.15) is 0 Å². The molecule has 1 amide bonds. The Morgan fingerprint density at radius 2 is 1.67 bits per heavy atom. The lowest BCUT2D eigenvalue weighted by Crippen LogP contribution is -2.41. The maximum Gasteiger partial charge on any atom is 0.264 e. The van der Waals surface area contributed by atoms with Crippen LogP contribution in [0.25, 0.3) is 0 Å². The average Bonchev–Trinajstić information content (AvgIpc) is 2.79. The van der Waals surface area contributed by atoms with Crippen LogP contribution in [-0.2, 0) is 14.8 Å². The quantitative estimate of drug-likeness (QED) is 0.493. The number of rotatable bonds is 9. The largest absolute Gasteiger partial charge is 0.494 e. The molecule has 3 aromatic rings. The van der Waals surface area contributed by atoms with Gasteiger partial charge in [-0.25, -0.2) is 8.42 Å². The Morgan fingerprint density at radius 1 is 1.00 bits per heavy atom. The van der Waals surface area contributed by atoms with E-state index < -0.39 is 15.9 Å². The van der Waals surface area contributed by atoms with E-state index in [1.54, 1.807) is 24.3 Å². The maximum atomic E-state index is 13.5. The minimum atomic E-state index is -3.94. The first-order valence-electron chi connectivity index (χ1n) is 10.9. The molecule has 0 aliphatic rings. The third-order valence-corrected chi connectivity index (χ3v) is 7.08. The van der Waals surface area contributed by atoms with Gasteiger partial charge in [0.2, 0.25) is 5.91 Å². The molecule has 3 rings (SSSR count). The van der Waals surface area contributed by atoms with Gasteiger partial charge < -0.3 is 10.1 Å². The van der Waals surface area contributed by atoms with E-state index >= 15 is 0 Å². The van der Waals surface area contributed by atoms with Crippen molar-refractivity contribution in [2.24, 2.45) is 0 Å². The summed E-state index contributed by atoms with van der Waals surface area (Å²) >= 11 is 0. The lowest BCUT2D eigenvalue weighted by atomic mass is 10.1. The molecule has 1 N–H and O–H groups in total. The van der Waals surface area contributed by atoms with Crippen LogP contribution in [0.5, 0.6) is 5.75 Å². The average molecular weight is 467 g/mol. The number of carbonyl (C=O) groups excluding carboxylic acids is 1. The zero-order valence-corrected chi connectivity index (χ0v) is 20.2. The zero-order chi connectivity index (χ0) is 24.0. The number of benzene rings is 3. The lowest BCUT2D eigenvalue weighted by molar-refractivity contribution is -0.120. The topological polar surface area (TPSA) is 75.7 Å². The number of amides is 1. The highest BCUT2D eigenvalue weighted by Gasteiger charge is 2.28. The van der Waals surface area contributed by atoms with Crippen molar-refractivity contribution in [3.8, 4) is 5.75 Å². The molecule has 0 heterocycles. The Morgan fingerprint density at radius 3 is 2.27 bits per heavy atom. The summed E-state index contributed by atoms with van der Waals surface area (Å²) in [6, 6.07) is 20.8. The van der Waals surface area contributed by atoms with Crippen LogP contribution in [0, 0.1) is 13.8 Å². The summed E-state index contributed by atoms with van der Waals surface area (Å²) in [6.45, 7) is 7.81. The fourth-order valence-corrected chi connectivity index (χ4v) is 5.13. The highest BCUT2D eigenvalue weighted by Crippen LogP contribution is 2.27. The Labute approximate surface area is 196 Å². The van der Waals surface area contributed by atoms with Gasteiger partial charge in [0.1, 0.15) is 12.3 Å². The second-order valence-electron chi connectivity index (χ2n) is 7.91. The Kier molecular flexibility index (Phi) is 7.76. The van der Waals surface area contributed by atoms with E-state index in [1.807, 2.05) is 64.1 Å². The molecule has 174 valence electrons. The van der Waals surface area contributed by atoms with Crippen molar-refractivity contribution in [1.82, 2.24) is 5.32 Å². The predicted molar refractivity (Wildman–Crippen MR) is 131 cm³/mol. The molecule has 0 aliphatic carbocycles. The molecule has 33 heavy (non-hydrogen) atoms. The summed E-state index contributed by atoms with van der Waals surface area (Å²) in [6.07, 6.45) is 0. The van der Waals surface area contributed by atoms with Crippen molar-refractivity contribution >= 4 is 21.6 Å². The maximum absolute atomic E-state index is 13.5. The van der Waals surface area contributed by atoms with Gasteiger partial charge in [0.25, 0.3) is 10.0 Å². The van der Waals surface area contributed by atoms with Crippen LogP contribution in [0.3, 0.4) is 0 Å². The van der Waals surface area contributed by atoms with Gasteiger partial charge in [-0.3, -0.25) is 9.10 Å². The van der Waals surface area contributed by atoms with E-state index in [0.29, 0.717) is 12.3 Å². The number of aryl methyl sites for hydroxylation is 2. The molecule has 0 saturated heterocycles. The number of ether oxygens (including phenoxy) is 1. The van der Waals surface area contributed by atoms with Crippen LogP contribution in [0.1, 0.15) is 36.6 Å². The highest BCUT2D eigenvalue weighted by molar-refractivity contribution is 7.92. The minimum Gasteiger partial charge on any atom is -0.494 e. The standard InChI is InChI=1S/C26H30N2O4S/c1-5-32-23-14-12-22(13-15-23)21(4)27-26(29)18-28(25-16-11-19(2)17-20(25)3)33(30,31)24-9-7-6-8-10-24/h6-17,21H,5,18H2,1-4H3,(H,27,29)/t21-/m0/s1. The van der Waals surface area contributed by atoms with Crippen molar-refractivity contribution < 1.29 is 17.9 Å². The molecule has 0 bridgehead atoms. The Balaban J connectivity index is 1.86. The number of nitrogens with one attached hydrogen (secondary N) is 1. The minimum absolute atomic E-state index is 0.136. The van der Waals surface area contributed by atoms with Crippen molar-refractivity contribution in [3.05, 3.63) is 89.5 Å². The van der Waals surface area contributed by atoms with E-state index in [0.717, 1.165) is 22.4 Å². The number of sulfonamides is 1. The van der Waals surface area contributed by atoms with Gasteiger partial charge in [0, 0.05) is 0 Å². The smallest absolute Gasteiger partial charge is 0.264 e. The van der Waals surface area contributed by atoms with Crippen molar-refractivity contribution in [2.45, 2.75) is 38.6 Å². The number of hydrogen-bond donors (Lipinski definition) is 1. The van der Waals surface area contributed by atoms with Crippen LogP contribution in [0.15, 0.2) is 77.7 Å². The molecule has 0 unspecified atom stereocenters. The number of hydrogen-bond acceptors (Lipinski definition) is 4. The van der Waals surface area contributed by atoms with Crippen LogP contribution in [0.2, 0.25) is 0 Å². The lowest BCUT2D eigenvalue weighted by Gasteiger charge is -2.26. The second kappa shape index (κ2) is 10.5. The van der Waals surface area contributed by atoms with Crippen molar-refractivity contribution in [1.29, 1.82) is 0 Å². The van der Waals surface area contributed by atoms with Crippen molar-refractivity contribution in [3.63, 3.8) is 0 Å². The van der Waals surface area contributed by atoms with Crippen LogP contribution >= 0.6 is 0 Å². The van der Waals surface area contributed by atoms with E-state index in [2.05, 4.69) is 5.32 Å². The van der Waals surface area contributed by atoms with Crippen LogP contribution < -0.4 is 14.4 Å². The SMILES string of the molecule is CCOc1ccc([C@H](C)NC(=O)CN(c2ccc(C)cc2C)S(=O)(=O)c2ccccc2)cc1. The van der Waals surface area contributed by atoms with E-state index in [1.165, 1.54) is 16.4 Å². The first-order chi connectivity index (χ1) is 15.7. The van der Waals surface area contributed by atoms with Crippen LogP contribution in [0.4, 0.5) is 5.69 Å². The summed E-state index contributed by atoms with van der Waals surface area (Å²) in [4.78, 5) is 13.1. The highest BCUT2D eigenvalue weighted by atomic mass is 32.2. The summed E-state index contributed by atoms with van der Waals surface area (Å²) in [5, 5.41) is 2.92. The summed E-state index contributed by atoms with van der Waals surface area (Å²) in [5.41, 5.74) is 3.17. The molecular formula is C26H30N2O4S. The molecule has 0 saturated carbocycles. The Hall–Kier alpha value is -3.32. The summed E-state index contributed by atoms with van der Waals surface area (Å²) in [7, 11) is -3.94. The van der Waals surface area contributed by atoms with Gasteiger partial charge >= 0.3 is 0 Å². The normalized spacial score (nSPS) is 12.1. The Bertz CT molecular complexity index is 1190. The molecule has 3 aromatic carbocycles. The molecule has 6 nitrogen and oxygen atoms in total. The third kappa shape index (κ3) is 5.93. The van der Waals surface area contributed by atoms with E-state index in [4.69, 9.17) is 4.74 Å². The number of nitrogens with zero attached hydrogens (tertiary/aromatic N) is 1. The van der Waals surface area contributed by atoms with Gasteiger partial charge in [0.05, 0.1) is 23.2 Å². The molecule has 0 spiro atoms. The first kappa shape index (κ1) is 24.3. The number of carbonyl (C=O) groups is 1. The van der Waals surface area contributed by atoms with E-state index in [9.17, 15) is 13.2 Å². The molecule has 0 fully saturated rings. The predicted octanol–water partition coefficient (Wildman–Crippen LogP) is 4.77. The molecule has 7 heteroatoms. The zero-order valence-electron chi connectivity index (χ0n) is 19.4. The molecular weight excluding hydrogens is 436 g/mol. The second-order valence-corrected chi connectivity index (χ2v) is 9.77. The fraction of sp³-hybridized carbons (Fsp3) is 0.269. The van der Waals surface area contributed by atoms with Gasteiger partial charge in [-0.15, -0.1) is 0 Å². The van der Waals surface area contributed by atoms with Gasteiger partial charge in [-0.05, 0) is 69.2 Å². The molecule has 0 radical (unpaired) electrons. The van der Waals surface area contributed by atoms with E-state index in [-0.39, 0.29) is 17.5 Å². The molecule has 0 aliphatic heterocycles. The first-order valence-corrected chi connectivity index (χ1v) is 12.3. The van der Waals surface area contributed by atoms with Gasteiger partial charge in [-0.1, -0.05) is 48.0 Å². The summed E-state index contributed by atoms with van der Waals surface area (Å²) in [5.74, 6) is 0.366. The monoisotopic (exact) mass is 466 g/mol. The fourth-order valence-electron chi connectivity index (χ4n) is 3.62.